The SMILES string of the molecule is O=C(n1c(=O)cn[n]([AlH2])c1=O)C(F)(F)F. The highest BCUT2D eigenvalue weighted by molar-refractivity contribution is 6.05. The topological polar surface area (TPSA) is 74.0 Å². The number of aromatic nitrogens is 3. The number of carbonyl (C=O) groups excluding carboxylic acids is 1. The number of halogens is 3. The molecule has 0 aromatic carbocycles. The molecule has 15 heavy (non-hydrogen) atoms. The highest BCUT2D eigenvalue weighted by atomic mass is 27.1. The molecule has 0 fully saturated rings. The van der Waals surface area contributed by atoms with E-state index < -0.39 is 27.9 Å². The minimum Gasteiger partial charge on any atom is -0.323 e. The van der Waals surface area contributed by atoms with Crippen LogP contribution in [-0.2, 0) is 0 Å². The number of alkyl halides is 3. The Labute approximate surface area is 87.6 Å². The maximum absolute atomic E-state index is 12.0. The van der Waals surface area contributed by atoms with Gasteiger partial charge in [-0.2, -0.15) is 22.8 Å². The van der Waals surface area contributed by atoms with Gasteiger partial charge in [0.25, 0.3) is 5.56 Å². The lowest BCUT2D eigenvalue weighted by Crippen LogP contribution is -2.48. The summed E-state index contributed by atoms with van der Waals surface area (Å²) in [5, 5.41) is 3.22. The molecule has 1 aromatic heterocycles. The van der Waals surface area contributed by atoms with E-state index in [9.17, 15) is 27.6 Å². The molecule has 0 saturated carbocycles. The highest BCUT2D eigenvalue weighted by Gasteiger charge is 2.41. The van der Waals surface area contributed by atoms with Gasteiger partial charge >= 0.3 is 34.3 Å². The molecule has 0 amide bonds. The van der Waals surface area contributed by atoms with Gasteiger partial charge in [-0.25, -0.2) is 4.79 Å². The van der Waals surface area contributed by atoms with Crippen molar-refractivity contribution in [3.63, 3.8) is 0 Å². The molecule has 6 nitrogen and oxygen atoms in total. The van der Waals surface area contributed by atoms with Crippen LogP contribution < -0.4 is 11.2 Å². The predicted octanol–water partition coefficient (Wildman–Crippen LogP) is -2.00. The van der Waals surface area contributed by atoms with Gasteiger partial charge in [-0.05, 0) is 0 Å². The zero-order valence-electron chi connectivity index (χ0n) is 7.28. The predicted molar refractivity (Wildman–Crippen MR) is 43.4 cm³/mol. The molecule has 0 atom stereocenters. The first-order chi connectivity index (χ1) is 6.75. The lowest BCUT2D eigenvalue weighted by Gasteiger charge is -2.07. The molecule has 1 rings (SSSR count). The quantitative estimate of drug-likeness (QED) is 0.489. The summed E-state index contributed by atoms with van der Waals surface area (Å²) in [7, 11) is 0. The molecule has 0 radical (unpaired) electrons. The van der Waals surface area contributed by atoms with E-state index in [1.165, 1.54) is 0 Å². The average Bonchev–Trinajstić information content (AvgIpc) is 2.10. The van der Waals surface area contributed by atoms with Gasteiger partial charge in [0.15, 0.2) is 0 Å². The zero-order chi connectivity index (χ0) is 11.8. The molecule has 0 spiro atoms. The maximum atomic E-state index is 12.0. The third-order valence-corrected chi connectivity index (χ3v) is 2.09. The van der Waals surface area contributed by atoms with Crippen LogP contribution >= 0.6 is 0 Å². The smallest absolute Gasteiger partial charge is 0.323 e. The van der Waals surface area contributed by atoms with Crippen molar-refractivity contribution in [3.05, 3.63) is 27.0 Å². The van der Waals surface area contributed by atoms with Gasteiger partial charge in [0.05, 0.1) is 0 Å². The number of carbonyl (C=O) groups is 1. The Morgan fingerprint density at radius 1 is 1.40 bits per heavy atom. The van der Waals surface area contributed by atoms with E-state index in [2.05, 4.69) is 5.10 Å². The van der Waals surface area contributed by atoms with Crippen molar-refractivity contribution in [3.8, 4) is 0 Å². The van der Waals surface area contributed by atoms with E-state index >= 15 is 0 Å². The normalized spacial score (nSPS) is 11.4. The van der Waals surface area contributed by atoms with Crippen LogP contribution in [0.1, 0.15) is 4.79 Å². The largest absolute Gasteiger partial charge is 0.472 e. The molecule has 0 saturated heterocycles. The second kappa shape index (κ2) is 3.64. The molecule has 0 bridgehead atoms. The molecule has 1 aromatic rings. The van der Waals surface area contributed by atoms with Crippen LogP contribution in [0, 0.1) is 0 Å². The van der Waals surface area contributed by atoms with Crippen LogP contribution in [0.5, 0.6) is 0 Å². The second-order valence-electron chi connectivity index (χ2n) is 2.53. The molecule has 0 aliphatic heterocycles. The van der Waals surface area contributed by atoms with Crippen LogP contribution in [-0.4, -0.2) is 41.9 Å². The van der Waals surface area contributed by atoms with Crippen molar-refractivity contribution in [2.75, 3.05) is 0 Å². The first-order valence-corrected chi connectivity index (χ1v) is 4.41. The van der Waals surface area contributed by atoms with E-state index in [0.29, 0.717) is 9.86 Å². The first kappa shape index (κ1) is 11.7. The van der Waals surface area contributed by atoms with Gasteiger partial charge in [-0.1, -0.05) is 0 Å². The molecule has 0 aliphatic carbocycles. The Morgan fingerprint density at radius 2 is 1.93 bits per heavy atom. The number of rotatable bonds is 0. The molecule has 0 N–H and O–H groups in total. The Bertz CT molecular complexity index is 517. The summed E-state index contributed by atoms with van der Waals surface area (Å²) < 4.78 is 36.0. The van der Waals surface area contributed by atoms with Crippen molar-refractivity contribution in [2.24, 2.45) is 0 Å². The molecular formula is C5H3AlF3N3O3. The van der Waals surface area contributed by atoms with Crippen molar-refractivity contribution >= 4 is 22.4 Å². The summed E-state index contributed by atoms with van der Waals surface area (Å²) in [5.74, 6) is -2.51. The Balaban J connectivity index is 3.52. The van der Waals surface area contributed by atoms with Crippen LogP contribution in [0.25, 0.3) is 0 Å². The summed E-state index contributed by atoms with van der Waals surface area (Å²) in [6, 6.07) is 0. The monoisotopic (exact) mass is 237 g/mol. The number of hydrogen-bond acceptors (Lipinski definition) is 4. The number of nitrogens with zero attached hydrogens (tertiary/aromatic N) is 3. The molecule has 80 valence electrons. The average molecular weight is 237 g/mol. The minimum absolute atomic E-state index is 0.0310. The van der Waals surface area contributed by atoms with E-state index in [1.807, 2.05) is 0 Å². The first-order valence-electron chi connectivity index (χ1n) is 3.52. The summed E-state index contributed by atoms with van der Waals surface area (Å²) in [5.41, 5.74) is -2.77. The lowest BCUT2D eigenvalue weighted by atomic mass is 10.5. The second-order valence-corrected chi connectivity index (χ2v) is 3.37. The minimum atomic E-state index is -5.26. The molecule has 1 heterocycles. The van der Waals surface area contributed by atoms with Crippen molar-refractivity contribution in [1.82, 2.24) is 13.3 Å². The van der Waals surface area contributed by atoms with Crippen LogP contribution in [0.4, 0.5) is 13.2 Å². The fourth-order valence-corrected chi connectivity index (χ4v) is 1.11. The Kier molecular flexibility index (Phi) is 2.83. The van der Waals surface area contributed by atoms with Gasteiger partial charge in [0, 0.05) is 0 Å². The van der Waals surface area contributed by atoms with Crippen LogP contribution in [0.3, 0.4) is 0 Å². The summed E-state index contributed by atoms with van der Waals surface area (Å²) in [4.78, 5) is 32.6. The lowest BCUT2D eigenvalue weighted by molar-refractivity contribution is -0.0953. The fraction of sp³-hybridized carbons (Fsp3) is 0.200. The molecule has 0 unspecified atom stereocenters. The summed E-state index contributed by atoms with van der Waals surface area (Å²) >= 11 is -0.0310. The third-order valence-electron chi connectivity index (χ3n) is 1.48. The van der Waals surface area contributed by atoms with Gasteiger partial charge in [0.2, 0.25) is 0 Å². The van der Waals surface area contributed by atoms with E-state index in [-0.39, 0.29) is 16.5 Å². The van der Waals surface area contributed by atoms with Crippen LogP contribution in [0.2, 0.25) is 0 Å². The van der Waals surface area contributed by atoms with Gasteiger partial charge in [0.1, 0.15) is 6.20 Å². The zero-order valence-corrected chi connectivity index (χ0v) is 9.28. The number of hydrogen-bond donors (Lipinski definition) is 0. The third kappa shape index (κ3) is 2.16. The molecule has 10 heteroatoms. The van der Waals surface area contributed by atoms with Gasteiger partial charge in [-0.3, -0.25) is 9.59 Å². The standard InChI is InChI=1S/C5H2F3N3O3.Al.2H/c6-5(7,8)3(13)11-2(12)1-9-10-4(11)14;;;/h1H,(H,10,12,14);;;/q;+1;;/p-1. The summed E-state index contributed by atoms with van der Waals surface area (Å²) in [6.45, 7) is 0. The van der Waals surface area contributed by atoms with Crippen LogP contribution in [0.15, 0.2) is 15.8 Å². The van der Waals surface area contributed by atoms with E-state index in [1.54, 1.807) is 0 Å². The van der Waals surface area contributed by atoms with Gasteiger partial charge < -0.3 is 3.67 Å². The molecule has 0 aliphatic rings. The van der Waals surface area contributed by atoms with Crippen molar-refractivity contribution in [1.29, 1.82) is 0 Å². The Hall–Kier alpha value is -1.40. The van der Waals surface area contributed by atoms with Crippen molar-refractivity contribution < 1.29 is 18.0 Å². The van der Waals surface area contributed by atoms with E-state index in [4.69, 9.17) is 0 Å². The van der Waals surface area contributed by atoms with Crippen molar-refractivity contribution in [2.45, 2.75) is 6.18 Å². The Morgan fingerprint density at radius 3 is 2.40 bits per heavy atom. The van der Waals surface area contributed by atoms with E-state index in [0.717, 1.165) is 0 Å². The van der Waals surface area contributed by atoms with Gasteiger partial charge in [-0.15, -0.1) is 0 Å². The maximum Gasteiger partial charge on any atom is 0.472 e. The molecular weight excluding hydrogens is 234 g/mol. The summed E-state index contributed by atoms with van der Waals surface area (Å²) in [6.07, 6.45) is -4.78. The highest BCUT2D eigenvalue weighted by Crippen LogP contribution is 2.15. The fourth-order valence-electron chi connectivity index (χ4n) is 0.796.